The van der Waals surface area contributed by atoms with Crippen LogP contribution in [0.3, 0.4) is 0 Å². The van der Waals surface area contributed by atoms with Crippen molar-refractivity contribution in [2.24, 2.45) is 0 Å². The summed E-state index contributed by atoms with van der Waals surface area (Å²) in [6.07, 6.45) is 0. The van der Waals surface area contributed by atoms with Crippen LogP contribution in [0.2, 0.25) is 0 Å². The van der Waals surface area contributed by atoms with E-state index in [1.807, 2.05) is 0 Å². The Balaban J connectivity index is 2.68. The maximum Gasteiger partial charge on any atom is 0.0210 e. The topological polar surface area (TPSA) is 3.24 Å². The van der Waals surface area contributed by atoms with Crippen LogP contribution >= 0.6 is 15.9 Å². The van der Waals surface area contributed by atoms with E-state index in [1.54, 1.807) is 0 Å². The molecule has 0 amide bonds. The van der Waals surface area contributed by atoms with Crippen molar-refractivity contribution in [1.29, 1.82) is 0 Å². The first-order chi connectivity index (χ1) is 7.19. The number of halogens is 1. The maximum atomic E-state index is 3.61. The highest BCUT2D eigenvalue weighted by Crippen LogP contribution is 2.25. The van der Waals surface area contributed by atoms with Crippen molar-refractivity contribution in [3.05, 3.63) is 34.3 Å². The summed E-state index contributed by atoms with van der Waals surface area (Å²) in [4.78, 5) is 2.46. The maximum absolute atomic E-state index is 3.61. The Bertz CT molecular complexity index is 294. The van der Waals surface area contributed by atoms with E-state index in [0.717, 1.165) is 19.6 Å². The molecular formula is C13H20BrN. The van der Waals surface area contributed by atoms with Gasteiger partial charge in [0.2, 0.25) is 0 Å². The van der Waals surface area contributed by atoms with Crippen LogP contribution in [0.4, 0.5) is 0 Å². The molecule has 1 unspecified atom stereocenters. The first kappa shape index (κ1) is 12.7. The first-order valence-corrected chi connectivity index (χ1v) is 6.45. The Morgan fingerprint density at radius 1 is 1.20 bits per heavy atom. The van der Waals surface area contributed by atoms with E-state index < -0.39 is 0 Å². The Hall–Kier alpha value is -0.340. The molecule has 15 heavy (non-hydrogen) atoms. The summed E-state index contributed by atoms with van der Waals surface area (Å²) in [5.41, 5.74) is 1.41. The van der Waals surface area contributed by atoms with Crippen molar-refractivity contribution < 1.29 is 0 Å². The Labute approximate surface area is 102 Å². The fraction of sp³-hybridized carbons (Fsp3) is 0.538. The molecule has 0 heterocycles. The normalized spacial score (nSPS) is 13.1. The average Bonchev–Trinajstić information content (AvgIpc) is 2.26. The number of hydrogen-bond acceptors (Lipinski definition) is 1. The lowest BCUT2D eigenvalue weighted by Crippen LogP contribution is -2.27. The zero-order chi connectivity index (χ0) is 11.3. The van der Waals surface area contributed by atoms with Crippen LogP contribution < -0.4 is 0 Å². The van der Waals surface area contributed by atoms with Gasteiger partial charge in [0.05, 0.1) is 0 Å². The summed E-state index contributed by atoms with van der Waals surface area (Å²) in [5, 5.41) is 0. The molecule has 0 spiro atoms. The fourth-order valence-electron chi connectivity index (χ4n) is 1.84. The van der Waals surface area contributed by atoms with Gasteiger partial charge in [-0.05, 0) is 30.6 Å². The standard InChI is InChI=1S/C13H20BrN/c1-4-15(5-2)10-11(3)12-8-6-7-9-13(12)14/h6-9,11H,4-5,10H2,1-3H3. The van der Waals surface area contributed by atoms with Crippen LogP contribution in [0.5, 0.6) is 0 Å². The molecule has 0 aliphatic heterocycles. The minimum absolute atomic E-state index is 0.584. The molecule has 0 fully saturated rings. The lowest BCUT2D eigenvalue weighted by Gasteiger charge is -2.23. The highest BCUT2D eigenvalue weighted by Gasteiger charge is 2.11. The molecule has 0 saturated carbocycles. The predicted molar refractivity (Wildman–Crippen MR) is 70.3 cm³/mol. The van der Waals surface area contributed by atoms with E-state index in [4.69, 9.17) is 0 Å². The number of likely N-dealkylation sites (N-methyl/N-ethyl adjacent to an activating group) is 1. The van der Waals surface area contributed by atoms with Gasteiger partial charge in [-0.2, -0.15) is 0 Å². The summed E-state index contributed by atoms with van der Waals surface area (Å²) in [6, 6.07) is 8.50. The minimum Gasteiger partial charge on any atom is -0.303 e. The lowest BCUT2D eigenvalue weighted by molar-refractivity contribution is 0.288. The summed E-state index contributed by atoms with van der Waals surface area (Å²) in [7, 11) is 0. The van der Waals surface area contributed by atoms with Gasteiger partial charge in [0.25, 0.3) is 0 Å². The molecule has 1 aromatic rings. The number of benzene rings is 1. The van der Waals surface area contributed by atoms with E-state index >= 15 is 0 Å². The van der Waals surface area contributed by atoms with Crippen molar-refractivity contribution in [2.45, 2.75) is 26.7 Å². The third kappa shape index (κ3) is 3.62. The van der Waals surface area contributed by atoms with E-state index in [2.05, 4.69) is 65.9 Å². The SMILES string of the molecule is CCN(CC)CC(C)c1ccccc1Br. The monoisotopic (exact) mass is 269 g/mol. The van der Waals surface area contributed by atoms with E-state index in [1.165, 1.54) is 10.0 Å². The largest absolute Gasteiger partial charge is 0.303 e. The molecule has 0 N–H and O–H groups in total. The molecule has 0 radical (unpaired) electrons. The molecule has 2 heteroatoms. The molecular weight excluding hydrogens is 250 g/mol. The number of rotatable bonds is 5. The van der Waals surface area contributed by atoms with Gasteiger partial charge in [0, 0.05) is 11.0 Å². The molecule has 1 atom stereocenters. The Morgan fingerprint density at radius 3 is 2.33 bits per heavy atom. The van der Waals surface area contributed by atoms with Crippen molar-refractivity contribution >= 4 is 15.9 Å². The fourth-order valence-corrected chi connectivity index (χ4v) is 2.52. The molecule has 0 aliphatic rings. The molecule has 1 nitrogen and oxygen atoms in total. The van der Waals surface area contributed by atoms with Crippen LogP contribution in [0.1, 0.15) is 32.3 Å². The molecule has 84 valence electrons. The molecule has 1 aromatic carbocycles. The zero-order valence-corrected chi connectivity index (χ0v) is 11.4. The second-order valence-electron chi connectivity index (χ2n) is 3.91. The van der Waals surface area contributed by atoms with E-state index in [9.17, 15) is 0 Å². The van der Waals surface area contributed by atoms with E-state index in [0.29, 0.717) is 5.92 Å². The van der Waals surface area contributed by atoms with Gasteiger partial charge in [-0.15, -0.1) is 0 Å². The quantitative estimate of drug-likeness (QED) is 0.784. The van der Waals surface area contributed by atoms with Crippen molar-refractivity contribution in [3.8, 4) is 0 Å². The minimum atomic E-state index is 0.584. The van der Waals surface area contributed by atoms with Crippen molar-refractivity contribution in [3.63, 3.8) is 0 Å². The Kier molecular flexibility index (Phi) is 5.34. The van der Waals surface area contributed by atoms with Gasteiger partial charge in [-0.3, -0.25) is 0 Å². The summed E-state index contributed by atoms with van der Waals surface area (Å²) < 4.78 is 1.23. The molecule has 0 aliphatic carbocycles. The number of hydrogen-bond donors (Lipinski definition) is 0. The van der Waals surface area contributed by atoms with Crippen LogP contribution in [-0.4, -0.2) is 24.5 Å². The van der Waals surface area contributed by atoms with Crippen LogP contribution in [0.25, 0.3) is 0 Å². The second kappa shape index (κ2) is 6.29. The van der Waals surface area contributed by atoms with Crippen LogP contribution in [0, 0.1) is 0 Å². The highest BCUT2D eigenvalue weighted by molar-refractivity contribution is 9.10. The third-order valence-corrected chi connectivity index (χ3v) is 3.58. The van der Waals surface area contributed by atoms with Crippen LogP contribution in [-0.2, 0) is 0 Å². The van der Waals surface area contributed by atoms with Crippen molar-refractivity contribution in [2.75, 3.05) is 19.6 Å². The Morgan fingerprint density at radius 2 is 1.80 bits per heavy atom. The average molecular weight is 270 g/mol. The molecule has 0 saturated heterocycles. The summed E-state index contributed by atoms with van der Waals surface area (Å²) >= 11 is 3.61. The van der Waals surface area contributed by atoms with Crippen molar-refractivity contribution in [1.82, 2.24) is 4.90 Å². The molecule has 1 rings (SSSR count). The van der Waals surface area contributed by atoms with Gasteiger partial charge in [-0.25, -0.2) is 0 Å². The molecule has 0 bridgehead atoms. The van der Waals surface area contributed by atoms with Gasteiger partial charge in [-0.1, -0.05) is 54.9 Å². The summed E-state index contributed by atoms with van der Waals surface area (Å²) in [6.45, 7) is 10.1. The second-order valence-corrected chi connectivity index (χ2v) is 4.76. The highest BCUT2D eigenvalue weighted by atomic mass is 79.9. The zero-order valence-electron chi connectivity index (χ0n) is 9.83. The number of nitrogens with zero attached hydrogens (tertiary/aromatic N) is 1. The lowest BCUT2D eigenvalue weighted by atomic mass is 10.0. The third-order valence-electron chi connectivity index (χ3n) is 2.86. The first-order valence-electron chi connectivity index (χ1n) is 5.65. The van der Waals surface area contributed by atoms with Gasteiger partial charge >= 0.3 is 0 Å². The van der Waals surface area contributed by atoms with Gasteiger partial charge < -0.3 is 4.90 Å². The van der Waals surface area contributed by atoms with E-state index in [-0.39, 0.29) is 0 Å². The predicted octanol–water partition coefficient (Wildman–Crippen LogP) is 3.89. The smallest absolute Gasteiger partial charge is 0.0210 e. The van der Waals surface area contributed by atoms with Gasteiger partial charge in [0.1, 0.15) is 0 Å². The molecule has 0 aromatic heterocycles. The van der Waals surface area contributed by atoms with Gasteiger partial charge in [0.15, 0.2) is 0 Å². The summed E-state index contributed by atoms with van der Waals surface area (Å²) in [5.74, 6) is 0.584. The van der Waals surface area contributed by atoms with Crippen LogP contribution in [0.15, 0.2) is 28.7 Å².